The van der Waals surface area contributed by atoms with E-state index in [1.165, 1.54) is 13.0 Å². The Kier molecular flexibility index (Phi) is 2.09. The van der Waals surface area contributed by atoms with Gasteiger partial charge < -0.3 is 0 Å². The molecular weight excluding hydrogens is 177 g/mol. The zero-order chi connectivity index (χ0) is 10.4. The summed E-state index contributed by atoms with van der Waals surface area (Å²) < 4.78 is 37.3. The Morgan fingerprint density at radius 1 is 1.15 bits per heavy atom. The minimum atomic E-state index is -4.21. The van der Waals surface area contributed by atoms with Gasteiger partial charge in [-0.05, 0) is 19.4 Å². The molecule has 1 rings (SSSR count). The van der Waals surface area contributed by atoms with Gasteiger partial charge in [0.15, 0.2) is 0 Å². The molecule has 0 N–H and O–H groups in total. The van der Waals surface area contributed by atoms with Gasteiger partial charge in [0.25, 0.3) is 0 Å². The highest BCUT2D eigenvalue weighted by Crippen LogP contribution is 2.45. The van der Waals surface area contributed by atoms with Crippen LogP contribution in [-0.2, 0) is 0 Å². The van der Waals surface area contributed by atoms with Crippen LogP contribution in [0, 0.1) is 5.41 Å². The fourth-order valence-corrected chi connectivity index (χ4v) is 1.56. The van der Waals surface area contributed by atoms with Crippen LogP contribution in [0.25, 0.3) is 0 Å². The zero-order valence-electron chi connectivity index (χ0n) is 8.21. The Bertz CT molecular complexity index is 290. The second-order valence-corrected chi connectivity index (χ2v) is 4.03. The summed E-state index contributed by atoms with van der Waals surface area (Å²) in [5.74, 6) is 0. The van der Waals surface area contributed by atoms with Crippen molar-refractivity contribution in [3.63, 3.8) is 0 Å². The Morgan fingerprint density at radius 2 is 1.62 bits per heavy atom. The van der Waals surface area contributed by atoms with Gasteiger partial charge in [0.1, 0.15) is 0 Å². The summed E-state index contributed by atoms with van der Waals surface area (Å²) in [5, 5.41) is 0. The van der Waals surface area contributed by atoms with Crippen LogP contribution in [0.2, 0.25) is 0 Å². The number of hydrogen-bond donors (Lipinski definition) is 0. The smallest absolute Gasteiger partial charge is 0.166 e. The van der Waals surface area contributed by atoms with Crippen LogP contribution in [-0.4, -0.2) is 6.18 Å². The van der Waals surface area contributed by atoms with E-state index in [2.05, 4.69) is 0 Å². The van der Waals surface area contributed by atoms with Crippen LogP contribution >= 0.6 is 0 Å². The molecule has 0 radical (unpaired) electrons. The highest BCUT2D eigenvalue weighted by atomic mass is 19.4. The summed E-state index contributed by atoms with van der Waals surface area (Å²) in [7, 11) is 0. The minimum absolute atomic E-state index is 0.373. The van der Waals surface area contributed by atoms with Gasteiger partial charge in [0.2, 0.25) is 0 Å². The normalized spacial score (nSPS) is 22.2. The molecule has 0 spiro atoms. The standard InChI is InChI=1S/C10H13F3/c1-6-7(2)9(3,4)5-8(6)10(11,12)13/h5H,1-4H3. The molecule has 0 heterocycles. The van der Waals surface area contributed by atoms with E-state index in [1.807, 2.05) is 0 Å². The van der Waals surface area contributed by atoms with E-state index in [0.29, 0.717) is 5.57 Å². The van der Waals surface area contributed by atoms with E-state index in [1.54, 1.807) is 20.8 Å². The SMILES string of the molecule is CC1=C(C)C(C)(C)C=C1C(F)(F)F. The van der Waals surface area contributed by atoms with Crippen molar-refractivity contribution in [1.82, 2.24) is 0 Å². The summed E-state index contributed by atoms with van der Waals surface area (Å²) in [6.45, 7) is 6.88. The van der Waals surface area contributed by atoms with Crippen LogP contribution < -0.4 is 0 Å². The van der Waals surface area contributed by atoms with Gasteiger partial charge in [-0.2, -0.15) is 13.2 Å². The Balaban J connectivity index is 3.20. The molecule has 0 fully saturated rings. The van der Waals surface area contributed by atoms with Gasteiger partial charge >= 0.3 is 6.18 Å². The minimum Gasteiger partial charge on any atom is -0.166 e. The van der Waals surface area contributed by atoms with E-state index >= 15 is 0 Å². The molecule has 0 saturated heterocycles. The van der Waals surface area contributed by atoms with Crippen molar-refractivity contribution >= 4 is 0 Å². The molecule has 0 bridgehead atoms. The molecule has 0 amide bonds. The van der Waals surface area contributed by atoms with Crippen molar-refractivity contribution in [1.29, 1.82) is 0 Å². The van der Waals surface area contributed by atoms with Crippen molar-refractivity contribution in [3.8, 4) is 0 Å². The maximum absolute atomic E-state index is 12.4. The van der Waals surface area contributed by atoms with E-state index in [-0.39, 0.29) is 0 Å². The fraction of sp³-hybridized carbons (Fsp3) is 0.600. The van der Waals surface area contributed by atoms with E-state index < -0.39 is 17.2 Å². The fourth-order valence-electron chi connectivity index (χ4n) is 1.56. The van der Waals surface area contributed by atoms with Gasteiger partial charge in [-0.1, -0.05) is 25.5 Å². The maximum atomic E-state index is 12.4. The van der Waals surface area contributed by atoms with Gasteiger partial charge in [-0.3, -0.25) is 0 Å². The lowest BCUT2D eigenvalue weighted by molar-refractivity contribution is -0.0893. The van der Waals surface area contributed by atoms with Crippen LogP contribution in [0.1, 0.15) is 27.7 Å². The van der Waals surface area contributed by atoms with Gasteiger partial charge in [-0.15, -0.1) is 0 Å². The first kappa shape index (κ1) is 10.4. The molecule has 0 nitrogen and oxygen atoms in total. The summed E-state index contributed by atoms with van der Waals surface area (Å²) in [5.41, 5.74) is 0.252. The van der Waals surface area contributed by atoms with Gasteiger partial charge in [0, 0.05) is 5.41 Å². The lowest BCUT2D eigenvalue weighted by atomic mass is 9.88. The molecule has 0 unspecified atom stereocenters. The molecule has 0 aromatic rings. The summed E-state index contributed by atoms with van der Waals surface area (Å²) >= 11 is 0. The average molecular weight is 190 g/mol. The molecule has 1 aliphatic carbocycles. The predicted octanol–water partition coefficient (Wildman–Crippen LogP) is 3.85. The number of halogens is 3. The molecule has 74 valence electrons. The average Bonchev–Trinajstić information content (AvgIpc) is 2.12. The molecule has 0 aromatic carbocycles. The highest BCUT2D eigenvalue weighted by Gasteiger charge is 2.41. The molecule has 0 saturated carbocycles. The van der Waals surface area contributed by atoms with Crippen LogP contribution in [0.4, 0.5) is 13.2 Å². The van der Waals surface area contributed by atoms with Crippen molar-refractivity contribution < 1.29 is 13.2 Å². The van der Waals surface area contributed by atoms with Gasteiger partial charge in [-0.25, -0.2) is 0 Å². The molecule has 0 atom stereocenters. The largest absolute Gasteiger partial charge is 0.416 e. The van der Waals surface area contributed by atoms with Crippen molar-refractivity contribution in [2.75, 3.05) is 0 Å². The highest BCUT2D eigenvalue weighted by molar-refractivity contribution is 5.47. The van der Waals surface area contributed by atoms with Crippen LogP contribution in [0.5, 0.6) is 0 Å². The second kappa shape index (κ2) is 2.63. The Morgan fingerprint density at radius 3 is 1.77 bits per heavy atom. The number of alkyl halides is 3. The summed E-state index contributed by atoms with van der Waals surface area (Å²) in [6.07, 6.45) is -2.91. The first-order chi connectivity index (χ1) is 5.66. The first-order valence-corrected chi connectivity index (χ1v) is 4.14. The predicted molar refractivity (Wildman–Crippen MR) is 46.3 cm³/mol. The topological polar surface area (TPSA) is 0 Å². The lowest BCUT2D eigenvalue weighted by Gasteiger charge is -2.17. The summed E-state index contributed by atoms with van der Waals surface area (Å²) in [6, 6.07) is 0. The second-order valence-electron chi connectivity index (χ2n) is 4.03. The molecular formula is C10H13F3. The number of allylic oxidation sites excluding steroid dienone is 4. The van der Waals surface area contributed by atoms with Crippen LogP contribution in [0.3, 0.4) is 0 Å². The quantitative estimate of drug-likeness (QED) is 0.544. The number of hydrogen-bond acceptors (Lipinski definition) is 0. The maximum Gasteiger partial charge on any atom is 0.416 e. The third-order valence-corrected chi connectivity index (χ3v) is 2.74. The van der Waals surface area contributed by atoms with E-state index in [4.69, 9.17) is 0 Å². The van der Waals surface area contributed by atoms with E-state index in [0.717, 1.165) is 5.57 Å². The third-order valence-electron chi connectivity index (χ3n) is 2.74. The van der Waals surface area contributed by atoms with Crippen molar-refractivity contribution in [2.45, 2.75) is 33.9 Å². The Labute approximate surface area is 76.1 Å². The van der Waals surface area contributed by atoms with E-state index in [9.17, 15) is 13.2 Å². The molecule has 0 aliphatic heterocycles. The first-order valence-electron chi connectivity index (χ1n) is 4.14. The monoisotopic (exact) mass is 190 g/mol. The Hall–Kier alpha value is -0.730. The summed E-state index contributed by atoms with van der Waals surface area (Å²) in [4.78, 5) is 0. The van der Waals surface area contributed by atoms with Crippen molar-refractivity contribution in [2.24, 2.45) is 5.41 Å². The van der Waals surface area contributed by atoms with Crippen molar-refractivity contribution in [3.05, 3.63) is 22.8 Å². The third kappa shape index (κ3) is 1.64. The molecule has 1 aliphatic rings. The number of rotatable bonds is 0. The molecule has 13 heavy (non-hydrogen) atoms. The van der Waals surface area contributed by atoms with Gasteiger partial charge in [0.05, 0.1) is 5.57 Å². The molecule has 3 heteroatoms. The zero-order valence-corrected chi connectivity index (χ0v) is 8.21. The van der Waals surface area contributed by atoms with Crippen LogP contribution in [0.15, 0.2) is 22.8 Å². The molecule has 0 aromatic heterocycles. The lowest BCUT2D eigenvalue weighted by Crippen LogP contribution is -2.11.